The lowest BCUT2D eigenvalue weighted by Crippen LogP contribution is -2.30. The number of hydrogen-bond acceptors (Lipinski definition) is 5. The van der Waals surface area contributed by atoms with Crippen LogP contribution in [0, 0.1) is 0 Å². The first kappa shape index (κ1) is 17.9. The van der Waals surface area contributed by atoms with Gasteiger partial charge in [-0.3, -0.25) is 18.9 Å². The smallest absolute Gasteiger partial charge is 0.271 e. The van der Waals surface area contributed by atoms with Crippen LogP contribution in [0.15, 0.2) is 46.8 Å². The van der Waals surface area contributed by atoms with E-state index >= 15 is 0 Å². The van der Waals surface area contributed by atoms with E-state index in [1.165, 1.54) is 59.8 Å². The van der Waals surface area contributed by atoms with E-state index in [1.54, 1.807) is 11.6 Å². The summed E-state index contributed by atoms with van der Waals surface area (Å²) in [6, 6.07) is 8.30. The fourth-order valence-corrected chi connectivity index (χ4v) is 4.07. The highest BCUT2D eigenvalue weighted by molar-refractivity contribution is 7.15. The first-order valence-electron chi connectivity index (χ1n) is 9.24. The second kappa shape index (κ2) is 8.02. The molecule has 3 aromatic rings. The Kier molecular flexibility index (Phi) is 5.31. The predicted molar refractivity (Wildman–Crippen MR) is 106 cm³/mol. The highest BCUT2D eigenvalue weighted by Crippen LogP contribution is 2.13. The summed E-state index contributed by atoms with van der Waals surface area (Å²) in [5.41, 5.74) is 2.02. The van der Waals surface area contributed by atoms with E-state index in [0.29, 0.717) is 11.5 Å². The van der Waals surface area contributed by atoms with Gasteiger partial charge < -0.3 is 5.32 Å². The third-order valence-electron chi connectivity index (χ3n) is 4.92. The Morgan fingerprint density at radius 2 is 1.85 bits per heavy atom. The van der Waals surface area contributed by atoms with Gasteiger partial charge in [0.15, 0.2) is 4.96 Å². The number of likely N-dealkylation sites (tertiary alicyclic amines) is 1. The zero-order chi connectivity index (χ0) is 18.6. The largest absolute Gasteiger partial charge is 0.348 e. The third kappa shape index (κ3) is 4.09. The van der Waals surface area contributed by atoms with Crippen LogP contribution >= 0.6 is 11.3 Å². The van der Waals surface area contributed by atoms with Gasteiger partial charge in [0.05, 0.1) is 0 Å². The standard InChI is InChI=1S/C20H22N4O2S/c25-18(17-13-22-20-24(19(17)26)10-11-27-20)21-12-15-4-6-16(7-5-15)14-23-8-2-1-3-9-23/h4-7,10-11,13H,1-3,8-9,12,14H2,(H,21,25). The number of nitrogens with zero attached hydrogens (tertiary/aromatic N) is 3. The number of carbonyl (C=O) groups is 1. The Hall–Kier alpha value is -2.51. The fourth-order valence-electron chi connectivity index (χ4n) is 3.40. The maximum absolute atomic E-state index is 12.4. The summed E-state index contributed by atoms with van der Waals surface area (Å²) in [7, 11) is 0. The number of aromatic nitrogens is 2. The number of carbonyl (C=O) groups excluding carboxylic acids is 1. The molecule has 1 N–H and O–H groups in total. The molecular weight excluding hydrogens is 360 g/mol. The summed E-state index contributed by atoms with van der Waals surface area (Å²) in [5.74, 6) is -0.398. The molecule has 0 atom stereocenters. The molecule has 1 saturated heterocycles. The van der Waals surface area contributed by atoms with E-state index in [2.05, 4.69) is 27.3 Å². The molecule has 0 bridgehead atoms. The van der Waals surface area contributed by atoms with Crippen molar-refractivity contribution in [3.05, 3.63) is 69.1 Å². The van der Waals surface area contributed by atoms with E-state index in [4.69, 9.17) is 0 Å². The molecule has 3 heterocycles. The van der Waals surface area contributed by atoms with Crippen LogP contribution in [0.3, 0.4) is 0 Å². The van der Waals surface area contributed by atoms with Crippen LogP contribution in [0.4, 0.5) is 0 Å². The highest BCUT2D eigenvalue weighted by Gasteiger charge is 2.14. The van der Waals surface area contributed by atoms with E-state index in [-0.39, 0.29) is 11.1 Å². The van der Waals surface area contributed by atoms with Gasteiger partial charge in [-0.05, 0) is 37.1 Å². The van der Waals surface area contributed by atoms with Crippen molar-refractivity contribution in [3.63, 3.8) is 0 Å². The first-order chi connectivity index (χ1) is 13.2. The molecule has 0 unspecified atom stereocenters. The van der Waals surface area contributed by atoms with Crippen LogP contribution in [0.1, 0.15) is 40.7 Å². The van der Waals surface area contributed by atoms with E-state index in [9.17, 15) is 9.59 Å². The van der Waals surface area contributed by atoms with Crippen molar-refractivity contribution in [2.45, 2.75) is 32.4 Å². The van der Waals surface area contributed by atoms with Crippen molar-refractivity contribution in [1.82, 2.24) is 19.6 Å². The van der Waals surface area contributed by atoms with Crippen molar-refractivity contribution in [2.24, 2.45) is 0 Å². The Bertz CT molecular complexity index is 987. The van der Waals surface area contributed by atoms with Crippen molar-refractivity contribution in [2.75, 3.05) is 13.1 Å². The molecule has 0 radical (unpaired) electrons. The molecular formula is C20H22N4O2S. The molecule has 27 heavy (non-hydrogen) atoms. The third-order valence-corrected chi connectivity index (χ3v) is 5.69. The number of thiazole rings is 1. The first-order valence-corrected chi connectivity index (χ1v) is 10.1. The maximum atomic E-state index is 12.4. The van der Waals surface area contributed by atoms with Gasteiger partial charge in [0.1, 0.15) is 5.56 Å². The van der Waals surface area contributed by atoms with Crippen molar-refractivity contribution in [3.8, 4) is 0 Å². The number of fused-ring (bicyclic) bond motifs is 1. The van der Waals surface area contributed by atoms with E-state index < -0.39 is 5.91 Å². The van der Waals surface area contributed by atoms with Crippen LogP contribution in [-0.2, 0) is 13.1 Å². The lowest BCUT2D eigenvalue weighted by atomic mass is 10.1. The summed E-state index contributed by atoms with van der Waals surface area (Å²) in [6.45, 7) is 3.72. The SMILES string of the molecule is O=C(NCc1ccc(CN2CCCCC2)cc1)c1cnc2sccn2c1=O. The van der Waals surface area contributed by atoms with E-state index in [1.807, 2.05) is 12.1 Å². The Balaban J connectivity index is 1.37. The normalized spacial score (nSPS) is 15.1. The van der Waals surface area contributed by atoms with Gasteiger partial charge in [-0.15, -0.1) is 11.3 Å². The quantitative estimate of drug-likeness (QED) is 0.737. The van der Waals surface area contributed by atoms with Gasteiger partial charge in [0, 0.05) is 30.9 Å². The number of piperidine rings is 1. The average Bonchev–Trinajstić information content (AvgIpc) is 3.18. The van der Waals surface area contributed by atoms with Crippen molar-refractivity contribution >= 4 is 22.2 Å². The van der Waals surface area contributed by atoms with Gasteiger partial charge >= 0.3 is 0 Å². The average molecular weight is 382 g/mol. The van der Waals surface area contributed by atoms with Gasteiger partial charge in [-0.25, -0.2) is 4.98 Å². The fraction of sp³-hybridized carbons (Fsp3) is 0.350. The van der Waals surface area contributed by atoms with Crippen molar-refractivity contribution in [1.29, 1.82) is 0 Å². The van der Waals surface area contributed by atoms with Gasteiger partial charge in [-0.1, -0.05) is 30.7 Å². The number of rotatable bonds is 5. The Morgan fingerprint density at radius 1 is 1.11 bits per heavy atom. The van der Waals surface area contributed by atoms with Crippen LogP contribution in [0.25, 0.3) is 4.96 Å². The van der Waals surface area contributed by atoms with Gasteiger partial charge in [0.25, 0.3) is 11.5 Å². The summed E-state index contributed by atoms with van der Waals surface area (Å²) < 4.78 is 1.40. The molecule has 0 aliphatic carbocycles. The summed E-state index contributed by atoms with van der Waals surface area (Å²) >= 11 is 1.36. The molecule has 1 amide bonds. The summed E-state index contributed by atoms with van der Waals surface area (Å²) in [5, 5.41) is 4.59. The maximum Gasteiger partial charge on any atom is 0.271 e. The molecule has 1 fully saturated rings. The molecule has 4 rings (SSSR count). The molecule has 140 valence electrons. The Morgan fingerprint density at radius 3 is 2.63 bits per heavy atom. The molecule has 7 heteroatoms. The topological polar surface area (TPSA) is 66.7 Å². The number of nitrogens with one attached hydrogen (secondary N) is 1. The van der Waals surface area contributed by atoms with Crippen LogP contribution in [-0.4, -0.2) is 33.3 Å². The Labute approximate surface area is 161 Å². The highest BCUT2D eigenvalue weighted by atomic mass is 32.1. The molecule has 1 aliphatic rings. The van der Waals surface area contributed by atoms with Crippen molar-refractivity contribution < 1.29 is 4.79 Å². The van der Waals surface area contributed by atoms with E-state index in [0.717, 1.165) is 12.1 Å². The number of hydrogen-bond donors (Lipinski definition) is 1. The van der Waals surface area contributed by atoms with Crippen LogP contribution in [0.5, 0.6) is 0 Å². The molecule has 6 nitrogen and oxygen atoms in total. The second-order valence-electron chi connectivity index (χ2n) is 6.87. The van der Waals surface area contributed by atoms with Crippen LogP contribution in [0.2, 0.25) is 0 Å². The zero-order valence-electron chi connectivity index (χ0n) is 15.1. The molecule has 0 spiro atoms. The molecule has 1 aliphatic heterocycles. The minimum atomic E-state index is -0.398. The summed E-state index contributed by atoms with van der Waals surface area (Å²) in [4.78, 5) is 31.9. The summed E-state index contributed by atoms with van der Waals surface area (Å²) in [6.07, 6.45) is 6.90. The van der Waals surface area contributed by atoms with Crippen LogP contribution < -0.4 is 10.9 Å². The lowest BCUT2D eigenvalue weighted by Gasteiger charge is -2.26. The molecule has 0 saturated carbocycles. The zero-order valence-corrected chi connectivity index (χ0v) is 15.9. The van der Waals surface area contributed by atoms with Gasteiger partial charge in [-0.2, -0.15) is 0 Å². The molecule has 1 aromatic carbocycles. The monoisotopic (exact) mass is 382 g/mol. The molecule has 2 aromatic heterocycles. The predicted octanol–water partition coefficient (Wildman–Crippen LogP) is 2.67. The second-order valence-corrected chi connectivity index (χ2v) is 7.74. The minimum Gasteiger partial charge on any atom is -0.348 e. The number of amides is 1. The number of benzene rings is 1. The minimum absolute atomic E-state index is 0.0626. The van der Waals surface area contributed by atoms with Gasteiger partial charge in [0.2, 0.25) is 0 Å². The lowest BCUT2D eigenvalue weighted by molar-refractivity contribution is 0.0949.